The van der Waals surface area contributed by atoms with E-state index in [0.29, 0.717) is 10.9 Å². The minimum absolute atomic E-state index is 0.191. The van der Waals surface area contributed by atoms with E-state index >= 15 is 0 Å². The van der Waals surface area contributed by atoms with E-state index in [4.69, 9.17) is 17.3 Å². The molecule has 16 heavy (non-hydrogen) atoms. The van der Waals surface area contributed by atoms with Crippen LogP contribution in [0.5, 0.6) is 0 Å². The summed E-state index contributed by atoms with van der Waals surface area (Å²) in [6.07, 6.45) is 3.15. The molecule has 3 rings (SSSR count). The fourth-order valence-corrected chi connectivity index (χ4v) is 2.69. The van der Waals surface area contributed by atoms with Crippen molar-refractivity contribution in [3.63, 3.8) is 0 Å². The molecule has 0 aromatic heterocycles. The van der Waals surface area contributed by atoms with Crippen molar-refractivity contribution >= 4 is 23.1 Å². The molecular weight excluding hydrogens is 224 g/mol. The quantitative estimate of drug-likeness (QED) is 0.786. The van der Waals surface area contributed by atoms with E-state index in [0.717, 1.165) is 30.5 Å². The Morgan fingerprint density at radius 1 is 1.44 bits per heavy atom. The zero-order valence-electron chi connectivity index (χ0n) is 8.78. The first kappa shape index (κ1) is 10.1. The number of nitrogens with zero attached hydrogens (tertiary/aromatic N) is 1. The third kappa shape index (κ3) is 1.16. The van der Waals surface area contributed by atoms with Gasteiger partial charge in [0.1, 0.15) is 5.84 Å². The molecule has 1 aliphatic carbocycles. The van der Waals surface area contributed by atoms with Crippen molar-refractivity contribution in [1.29, 1.82) is 0 Å². The Labute approximate surface area is 98.9 Å². The van der Waals surface area contributed by atoms with Crippen LogP contribution in [0.25, 0.3) is 0 Å². The molecular formula is C12H13ClN2O. The van der Waals surface area contributed by atoms with Gasteiger partial charge in [-0.25, -0.2) is 4.99 Å². The molecule has 1 heterocycles. The Balaban J connectivity index is 2.14. The number of amidine groups is 1. The summed E-state index contributed by atoms with van der Waals surface area (Å²) in [4.78, 5) is 4.24. The first-order valence-electron chi connectivity index (χ1n) is 5.49. The molecule has 3 N–H and O–H groups in total. The van der Waals surface area contributed by atoms with Gasteiger partial charge < -0.3 is 10.8 Å². The summed E-state index contributed by atoms with van der Waals surface area (Å²) < 4.78 is 0. The molecule has 3 nitrogen and oxygen atoms in total. The largest absolute Gasteiger partial charge is 0.384 e. The number of rotatable bonds is 1. The number of hydrogen-bond acceptors (Lipinski definition) is 3. The molecule has 84 valence electrons. The van der Waals surface area contributed by atoms with Gasteiger partial charge in [0.05, 0.1) is 5.69 Å². The second-order valence-electron chi connectivity index (χ2n) is 4.55. The van der Waals surface area contributed by atoms with E-state index in [1.165, 1.54) is 0 Å². The van der Waals surface area contributed by atoms with Crippen LogP contribution in [-0.2, 0) is 5.60 Å². The lowest BCUT2D eigenvalue weighted by Gasteiger charge is -2.39. The van der Waals surface area contributed by atoms with Gasteiger partial charge in [-0.1, -0.05) is 18.0 Å². The summed E-state index contributed by atoms with van der Waals surface area (Å²) in [5.74, 6) is 0.505. The minimum Gasteiger partial charge on any atom is -0.384 e. The van der Waals surface area contributed by atoms with Gasteiger partial charge in [-0.15, -0.1) is 0 Å². The lowest BCUT2D eigenvalue weighted by atomic mass is 9.70. The molecule has 0 saturated heterocycles. The zero-order valence-corrected chi connectivity index (χ0v) is 9.54. The number of aliphatic imine (C=N–C) groups is 1. The number of hydrogen-bond donors (Lipinski definition) is 2. The van der Waals surface area contributed by atoms with E-state index in [-0.39, 0.29) is 5.92 Å². The highest BCUT2D eigenvalue weighted by Gasteiger charge is 2.49. The Morgan fingerprint density at radius 3 is 2.81 bits per heavy atom. The van der Waals surface area contributed by atoms with Crippen LogP contribution in [0.2, 0.25) is 5.02 Å². The fraction of sp³-hybridized carbons (Fsp3) is 0.417. The first-order chi connectivity index (χ1) is 7.62. The van der Waals surface area contributed by atoms with Crippen LogP contribution in [-0.4, -0.2) is 10.9 Å². The van der Waals surface area contributed by atoms with Crippen LogP contribution in [0.1, 0.15) is 24.8 Å². The summed E-state index contributed by atoms with van der Waals surface area (Å²) >= 11 is 5.96. The highest BCUT2D eigenvalue weighted by Crippen LogP contribution is 2.49. The van der Waals surface area contributed by atoms with E-state index in [9.17, 15) is 5.11 Å². The van der Waals surface area contributed by atoms with Gasteiger partial charge in [0.2, 0.25) is 0 Å². The smallest absolute Gasteiger partial charge is 0.151 e. The highest BCUT2D eigenvalue weighted by atomic mass is 35.5. The second-order valence-corrected chi connectivity index (χ2v) is 4.99. The molecule has 1 aromatic carbocycles. The van der Waals surface area contributed by atoms with E-state index in [2.05, 4.69) is 4.99 Å². The zero-order chi connectivity index (χ0) is 11.3. The summed E-state index contributed by atoms with van der Waals surface area (Å²) in [7, 11) is 0. The molecule has 1 aliphatic heterocycles. The van der Waals surface area contributed by atoms with Crippen molar-refractivity contribution in [1.82, 2.24) is 0 Å². The van der Waals surface area contributed by atoms with Crippen LogP contribution >= 0.6 is 11.6 Å². The van der Waals surface area contributed by atoms with Crippen molar-refractivity contribution in [2.75, 3.05) is 0 Å². The van der Waals surface area contributed by atoms with Crippen molar-refractivity contribution in [2.24, 2.45) is 16.6 Å². The minimum atomic E-state index is -1.08. The van der Waals surface area contributed by atoms with Gasteiger partial charge in [0.25, 0.3) is 0 Å². The van der Waals surface area contributed by atoms with Crippen molar-refractivity contribution in [2.45, 2.75) is 24.9 Å². The predicted octanol–water partition coefficient (Wildman–Crippen LogP) is 2.33. The molecule has 0 amide bonds. The number of nitrogens with two attached hydrogens (primary N) is 1. The maximum absolute atomic E-state index is 10.7. The van der Waals surface area contributed by atoms with E-state index in [1.807, 2.05) is 0 Å². The monoisotopic (exact) mass is 236 g/mol. The maximum Gasteiger partial charge on any atom is 0.151 e. The Kier molecular flexibility index (Phi) is 2.03. The lowest BCUT2D eigenvalue weighted by Crippen LogP contribution is -2.47. The summed E-state index contributed by atoms with van der Waals surface area (Å²) in [5.41, 5.74) is 6.31. The van der Waals surface area contributed by atoms with Gasteiger partial charge in [-0.3, -0.25) is 0 Å². The molecule has 1 aromatic rings. The maximum atomic E-state index is 10.7. The molecule has 1 fully saturated rings. The number of halogens is 1. The summed E-state index contributed by atoms with van der Waals surface area (Å²) in [6.45, 7) is 0. The molecule has 1 atom stereocenters. The van der Waals surface area contributed by atoms with Crippen LogP contribution in [0.4, 0.5) is 5.69 Å². The standard InChI is InChI=1S/C12H13ClN2O/c13-8-4-5-10-9(6-8)12(16,11(14)15-10)7-2-1-3-7/h4-7,16H,1-3H2,(H2,14,15). The highest BCUT2D eigenvalue weighted by molar-refractivity contribution is 6.30. The second kappa shape index (κ2) is 3.22. The van der Waals surface area contributed by atoms with E-state index in [1.54, 1.807) is 18.2 Å². The Morgan fingerprint density at radius 2 is 2.19 bits per heavy atom. The van der Waals surface area contributed by atoms with E-state index < -0.39 is 5.60 Å². The molecule has 1 unspecified atom stereocenters. The van der Waals surface area contributed by atoms with Gasteiger partial charge in [0.15, 0.2) is 5.60 Å². The molecule has 0 radical (unpaired) electrons. The van der Waals surface area contributed by atoms with Crippen LogP contribution in [0, 0.1) is 5.92 Å². The molecule has 0 bridgehead atoms. The predicted molar refractivity (Wildman–Crippen MR) is 64.0 cm³/mol. The normalized spacial score (nSPS) is 28.5. The first-order valence-corrected chi connectivity index (χ1v) is 5.87. The third-order valence-electron chi connectivity index (χ3n) is 3.70. The van der Waals surface area contributed by atoms with Crippen molar-refractivity contribution in [3.8, 4) is 0 Å². The third-order valence-corrected chi connectivity index (χ3v) is 3.93. The van der Waals surface area contributed by atoms with Gasteiger partial charge in [-0.2, -0.15) is 0 Å². The SMILES string of the molecule is NC1=Nc2ccc(Cl)cc2C1(O)C1CCC1. The average Bonchev–Trinajstić information content (AvgIpc) is 2.39. The number of aliphatic hydroxyl groups is 1. The molecule has 1 saturated carbocycles. The average molecular weight is 237 g/mol. The summed E-state index contributed by atoms with van der Waals surface area (Å²) in [6, 6.07) is 5.35. The number of fused-ring (bicyclic) bond motifs is 1. The van der Waals surface area contributed by atoms with Crippen molar-refractivity contribution in [3.05, 3.63) is 28.8 Å². The molecule has 4 heteroatoms. The van der Waals surface area contributed by atoms with Crippen LogP contribution in [0.15, 0.2) is 23.2 Å². The van der Waals surface area contributed by atoms with Crippen molar-refractivity contribution < 1.29 is 5.11 Å². The molecule has 0 spiro atoms. The lowest BCUT2D eigenvalue weighted by molar-refractivity contribution is 0.00751. The topological polar surface area (TPSA) is 58.6 Å². The number of benzene rings is 1. The van der Waals surface area contributed by atoms with Gasteiger partial charge in [0, 0.05) is 10.6 Å². The van der Waals surface area contributed by atoms with Gasteiger partial charge >= 0.3 is 0 Å². The van der Waals surface area contributed by atoms with Crippen LogP contribution < -0.4 is 5.73 Å². The van der Waals surface area contributed by atoms with Gasteiger partial charge in [-0.05, 0) is 37.0 Å². The Hall–Kier alpha value is -1.06. The summed E-state index contributed by atoms with van der Waals surface area (Å²) in [5, 5.41) is 11.4. The van der Waals surface area contributed by atoms with Crippen LogP contribution in [0.3, 0.4) is 0 Å². The molecule has 2 aliphatic rings. The Bertz CT molecular complexity index is 482. The fourth-order valence-electron chi connectivity index (χ4n) is 2.52.